The van der Waals surface area contributed by atoms with Gasteiger partial charge in [-0.25, -0.2) is 4.79 Å². The maximum Gasteiger partial charge on any atom is 0.409 e. The van der Waals surface area contributed by atoms with Gasteiger partial charge in [0.25, 0.3) is 11.8 Å². The number of piperazine rings is 1. The maximum atomic E-state index is 12.9. The second-order valence-corrected chi connectivity index (χ2v) is 7.83. The number of nitrogens with one attached hydrogen (secondary N) is 1. The predicted molar refractivity (Wildman–Crippen MR) is 109 cm³/mol. The third kappa shape index (κ3) is 3.93. The number of amides is 3. The highest BCUT2D eigenvalue weighted by molar-refractivity contribution is 7.99. The van der Waals surface area contributed by atoms with Gasteiger partial charge in [0, 0.05) is 41.5 Å². The monoisotopic (exact) mass is 411 g/mol. The van der Waals surface area contributed by atoms with Gasteiger partial charge < -0.3 is 19.9 Å². The van der Waals surface area contributed by atoms with Crippen LogP contribution in [0.15, 0.2) is 52.3 Å². The van der Waals surface area contributed by atoms with E-state index in [1.165, 1.54) is 11.8 Å². The molecule has 1 fully saturated rings. The topological polar surface area (TPSA) is 79.0 Å². The van der Waals surface area contributed by atoms with Crippen LogP contribution in [0.5, 0.6) is 0 Å². The molecule has 1 N–H and O–H groups in total. The first-order valence-corrected chi connectivity index (χ1v) is 10.3. The summed E-state index contributed by atoms with van der Waals surface area (Å²) in [6.07, 6.45) is -0.344. The molecular weight excluding hydrogens is 390 g/mol. The van der Waals surface area contributed by atoms with Crippen molar-refractivity contribution in [2.24, 2.45) is 0 Å². The van der Waals surface area contributed by atoms with Crippen molar-refractivity contribution >= 4 is 35.4 Å². The van der Waals surface area contributed by atoms with Crippen molar-refractivity contribution in [2.75, 3.05) is 38.1 Å². The van der Waals surface area contributed by atoms with Crippen molar-refractivity contribution in [3.05, 3.63) is 53.6 Å². The molecule has 7 nitrogen and oxygen atoms in total. The van der Waals surface area contributed by atoms with Crippen molar-refractivity contribution in [3.8, 4) is 0 Å². The minimum Gasteiger partial charge on any atom is -0.450 e. The maximum absolute atomic E-state index is 12.9. The van der Waals surface area contributed by atoms with Crippen LogP contribution >= 0.6 is 11.8 Å². The van der Waals surface area contributed by atoms with Crippen molar-refractivity contribution in [3.63, 3.8) is 0 Å². The zero-order chi connectivity index (χ0) is 20.4. The second-order valence-electron chi connectivity index (χ2n) is 6.74. The van der Waals surface area contributed by atoms with E-state index in [0.717, 1.165) is 9.79 Å². The van der Waals surface area contributed by atoms with Gasteiger partial charge in [-0.05, 0) is 37.3 Å². The Balaban J connectivity index is 1.49. The predicted octanol–water partition coefficient (Wildman–Crippen LogP) is 3.32. The van der Waals surface area contributed by atoms with E-state index in [1.54, 1.807) is 34.9 Å². The molecule has 0 bridgehead atoms. The molecule has 29 heavy (non-hydrogen) atoms. The molecule has 0 radical (unpaired) electrons. The molecule has 2 heterocycles. The van der Waals surface area contributed by atoms with E-state index in [-0.39, 0.29) is 17.9 Å². The van der Waals surface area contributed by atoms with Gasteiger partial charge in [0.1, 0.15) is 0 Å². The van der Waals surface area contributed by atoms with Gasteiger partial charge in [-0.1, -0.05) is 23.9 Å². The molecule has 0 aromatic heterocycles. The summed E-state index contributed by atoms with van der Waals surface area (Å²) in [5.74, 6) is -0.295. The minimum absolute atomic E-state index is 0.114. The van der Waals surface area contributed by atoms with E-state index < -0.39 is 0 Å². The number of rotatable bonds is 2. The molecule has 2 aliphatic heterocycles. The van der Waals surface area contributed by atoms with Crippen LogP contribution in [0.3, 0.4) is 0 Å². The van der Waals surface area contributed by atoms with Crippen LogP contribution in [0.4, 0.5) is 10.5 Å². The smallest absolute Gasteiger partial charge is 0.409 e. The zero-order valence-corrected chi connectivity index (χ0v) is 16.8. The molecule has 2 aromatic rings. The number of anilines is 1. The number of hydrogen-bond donors (Lipinski definition) is 1. The minimum atomic E-state index is -0.344. The number of hydrogen-bond acceptors (Lipinski definition) is 5. The van der Waals surface area contributed by atoms with Gasteiger partial charge in [-0.15, -0.1) is 0 Å². The first kappa shape index (κ1) is 19.3. The first-order chi connectivity index (χ1) is 14.1. The standard InChI is InChI=1S/C21H21N3O4S/c1-2-28-21(27)24-11-9-23(10-12-24)20(26)14-7-8-18-16(13-14)22-19(25)15-5-3-4-6-17(15)29-18/h3-8,13H,2,9-12H2,1H3,(H,22,25). The summed E-state index contributed by atoms with van der Waals surface area (Å²) in [4.78, 5) is 42.4. The molecule has 2 aromatic carbocycles. The van der Waals surface area contributed by atoms with Crippen LogP contribution in [0, 0.1) is 0 Å². The highest BCUT2D eigenvalue weighted by Gasteiger charge is 2.27. The molecule has 0 spiro atoms. The Morgan fingerprint density at radius 3 is 2.52 bits per heavy atom. The zero-order valence-electron chi connectivity index (χ0n) is 16.0. The fraction of sp³-hybridized carbons (Fsp3) is 0.286. The number of nitrogens with zero attached hydrogens (tertiary/aromatic N) is 2. The summed E-state index contributed by atoms with van der Waals surface area (Å²) in [7, 11) is 0. The van der Waals surface area contributed by atoms with Crippen molar-refractivity contribution in [1.82, 2.24) is 9.80 Å². The van der Waals surface area contributed by atoms with E-state index >= 15 is 0 Å². The number of carbonyl (C=O) groups is 3. The molecular formula is C21H21N3O4S. The highest BCUT2D eigenvalue weighted by atomic mass is 32.2. The Labute approximate surface area is 173 Å². The van der Waals surface area contributed by atoms with E-state index in [9.17, 15) is 14.4 Å². The second kappa shape index (κ2) is 8.16. The Morgan fingerprint density at radius 2 is 1.76 bits per heavy atom. The Hall–Kier alpha value is -3.00. The van der Waals surface area contributed by atoms with Gasteiger partial charge in [0.05, 0.1) is 17.9 Å². The number of ether oxygens (including phenoxy) is 1. The van der Waals surface area contributed by atoms with Crippen LogP contribution in [0.1, 0.15) is 27.6 Å². The van der Waals surface area contributed by atoms with Crippen molar-refractivity contribution in [2.45, 2.75) is 16.7 Å². The van der Waals surface area contributed by atoms with Crippen molar-refractivity contribution < 1.29 is 19.1 Å². The molecule has 3 amide bonds. The quantitative estimate of drug-likeness (QED) is 0.820. The van der Waals surface area contributed by atoms with Crippen LogP contribution < -0.4 is 5.32 Å². The third-order valence-corrected chi connectivity index (χ3v) is 6.07. The number of benzene rings is 2. The van der Waals surface area contributed by atoms with E-state index in [2.05, 4.69) is 5.32 Å². The molecule has 8 heteroatoms. The van der Waals surface area contributed by atoms with Gasteiger partial charge >= 0.3 is 6.09 Å². The van der Waals surface area contributed by atoms with E-state index in [0.29, 0.717) is 49.6 Å². The molecule has 0 unspecified atom stereocenters. The van der Waals surface area contributed by atoms with Gasteiger partial charge in [-0.3, -0.25) is 9.59 Å². The lowest BCUT2D eigenvalue weighted by Crippen LogP contribution is -2.50. The SMILES string of the molecule is CCOC(=O)N1CCN(C(=O)c2ccc3c(c2)NC(=O)c2ccccc2S3)CC1. The summed E-state index contributed by atoms with van der Waals surface area (Å²) in [5.41, 5.74) is 1.77. The summed E-state index contributed by atoms with van der Waals surface area (Å²) in [6, 6.07) is 12.8. The van der Waals surface area contributed by atoms with Gasteiger partial charge in [0.15, 0.2) is 0 Å². The van der Waals surface area contributed by atoms with Crippen LogP contribution in [-0.4, -0.2) is 60.5 Å². The molecule has 150 valence electrons. The Morgan fingerprint density at radius 1 is 1.03 bits per heavy atom. The first-order valence-electron chi connectivity index (χ1n) is 9.50. The molecule has 1 saturated heterocycles. The van der Waals surface area contributed by atoms with Gasteiger partial charge in [-0.2, -0.15) is 0 Å². The lowest BCUT2D eigenvalue weighted by Gasteiger charge is -2.34. The number of fused-ring (bicyclic) bond motifs is 2. The van der Waals surface area contributed by atoms with E-state index in [1.807, 2.05) is 24.3 Å². The third-order valence-electron chi connectivity index (χ3n) is 4.92. The molecule has 0 saturated carbocycles. The summed E-state index contributed by atoms with van der Waals surface area (Å²) in [6.45, 7) is 3.88. The fourth-order valence-corrected chi connectivity index (χ4v) is 4.40. The normalized spacial score (nSPS) is 15.7. The number of carbonyl (C=O) groups excluding carboxylic acids is 3. The average molecular weight is 411 g/mol. The molecule has 2 aliphatic rings. The van der Waals surface area contributed by atoms with Gasteiger partial charge in [0.2, 0.25) is 0 Å². The Bertz CT molecular complexity index is 970. The summed E-state index contributed by atoms with van der Waals surface area (Å²) < 4.78 is 5.01. The summed E-state index contributed by atoms with van der Waals surface area (Å²) >= 11 is 1.50. The Kier molecular flexibility index (Phi) is 5.44. The average Bonchev–Trinajstić information content (AvgIpc) is 2.89. The highest BCUT2D eigenvalue weighted by Crippen LogP contribution is 2.39. The van der Waals surface area contributed by atoms with Crippen LogP contribution in [0.2, 0.25) is 0 Å². The fourth-order valence-electron chi connectivity index (χ4n) is 3.39. The van der Waals surface area contributed by atoms with Crippen LogP contribution in [-0.2, 0) is 4.74 Å². The largest absolute Gasteiger partial charge is 0.450 e. The lowest BCUT2D eigenvalue weighted by molar-refractivity contribution is 0.0570. The van der Waals surface area contributed by atoms with E-state index in [4.69, 9.17) is 4.74 Å². The molecule has 0 aliphatic carbocycles. The lowest BCUT2D eigenvalue weighted by atomic mass is 10.1. The van der Waals surface area contributed by atoms with Crippen molar-refractivity contribution in [1.29, 1.82) is 0 Å². The summed E-state index contributed by atoms with van der Waals surface area (Å²) in [5, 5.41) is 2.91. The van der Waals surface area contributed by atoms with Crippen LogP contribution in [0.25, 0.3) is 0 Å². The molecule has 4 rings (SSSR count). The molecule has 0 atom stereocenters.